The second-order valence-corrected chi connectivity index (χ2v) is 8.14. The standard InChI is InChI=1S/C16H22N2O3S/c1-12-4-2-3-11-18(12)22(20,21)15-9-7-14(8-10-15)17-16(19)13-5-6-13/h7-10,12-13H,2-6,11H2,1H3,(H,17,19). The third-order valence-electron chi connectivity index (χ3n) is 4.42. The maximum absolute atomic E-state index is 12.7. The van der Waals surface area contributed by atoms with E-state index in [0.29, 0.717) is 17.1 Å². The largest absolute Gasteiger partial charge is 0.326 e. The van der Waals surface area contributed by atoms with E-state index in [4.69, 9.17) is 0 Å². The van der Waals surface area contributed by atoms with Crippen LogP contribution >= 0.6 is 0 Å². The number of nitrogens with one attached hydrogen (secondary N) is 1. The minimum absolute atomic E-state index is 0.0280. The molecule has 1 amide bonds. The molecule has 2 fully saturated rings. The van der Waals surface area contributed by atoms with Crippen molar-refractivity contribution in [2.24, 2.45) is 5.92 Å². The van der Waals surface area contributed by atoms with Gasteiger partial charge in [-0.05, 0) is 56.9 Å². The van der Waals surface area contributed by atoms with Crippen LogP contribution in [0.1, 0.15) is 39.0 Å². The quantitative estimate of drug-likeness (QED) is 0.926. The lowest BCUT2D eigenvalue weighted by molar-refractivity contribution is -0.117. The lowest BCUT2D eigenvalue weighted by Gasteiger charge is -2.32. The van der Waals surface area contributed by atoms with Crippen LogP contribution < -0.4 is 5.32 Å². The highest BCUT2D eigenvalue weighted by molar-refractivity contribution is 7.89. The number of nitrogens with zero attached hydrogens (tertiary/aromatic N) is 1. The van der Waals surface area contributed by atoms with Gasteiger partial charge < -0.3 is 5.32 Å². The van der Waals surface area contributed by atoms with Gasteiger partial charge in [0.05, 0.1) is 4.90 Å². The Bertz CT molecular complexity index is 650. The second kappa shape index (κ2) is 6.01. The molecule has 1 saturated heterocycles. The van der Waals surface area contributed by atoms with E-state index < -0.39 is 10.0 Å². The van der Waals surface area contributed by atoms with Gasteiger partial charge in [0, 0.05) is 24.2 Å². The summed E-state index contributed by atoms with van der Waals surface area (Å²) in [5.41, 5.74) is 0.655. The van der Waals surface area contributed by atoms with E-state index >= 15 is 0 Å². The lowest BCUT2D eigenvalue weighted by Crippen LogP contribution is -2.41. The molecule has 3 rings (SSSR count). The van der Waals surface area contributed by atoms with E-state index in [9.17, 15) is 13.2 Å². The number of anilines is 1. The number of hydrogen-bond acceptors (Lipinski definition) is 3. The molecule has 2 aliphatic rings. The highest BCUT2D eigenvalue weighted by Crippen LogP contribution is 2.30. The minimum atomic E-state index is -3.44. The molecule has 5 nitrogen and oxygen atoms in total. The normalized spacial score (nSPS) is 23.2. The van der Waals surface area contributed by atoms with Crippen molar-refractivity contribution >= 4 is 21.6 Å². The van der Waals surface area contributed by atoms with Crippen molar-refractivity contribution in [2.75, 3.05) is 11.9 Å². The van der Waals surface area contributed by atoms with Crippen LogP contribution in [-0.2, 0) is 14.8 Å². The molecule has 120 valence electrons. The van der Waals surface area contributed by atoms with E-state index in [2.05, 4.69) is 5.32 Å². The molecule has 6 heteroatoms. The van der Waals surface area contributed by atoms with Crippen LogP contribution in [0.4, 0.5) is 5.69 Å². The zero-order valence-electron chi connectivity index (χ0n) is 12.8. The Hall–Kier alpha value is -1.40. The Morgan fingerprint density at radius 3 is 2.41 bits per heavy atom. The maximum atomic E-state index is 12.7. The first-order valence-electron chi connectivity index (χ1n) is 7.91. The molecular formula is C16H22N2O3S. The van der Waals surface area contributed by atoms with Crippen molar-refractivity contribution in [3.8, 4) is 0 Å². The predicted octanol–water partition coefficient (Wildman–Crippen LogP) is 2.60. The molecule has 1 aliphatic heterocycles. The molecule has 0 radical (unpaired) electrons. The maximum Gasteiger partial charge on any atom is 0.243 e. The van der Waals surface area contributed by atoms with Gasteiger partial charge in [-0.15, -0.1) is 0 Å². The molecule has 1 aliphatic carbocycles. The van der Waals surface area contributed by atoms with Gasteiger partial charge in [0.1, 0.15) is 0 Å². The third kappa shape index (κ3) is 3.17. The summed E-state index contributed by atoms with van der Waals surface area (Å²) in [5.74, 6) is 0.165. The van der Waals surface area contributed by atoms with E-state index in [1.54, 1.807) is 28.6 Å². The minimum Gasteiger partial charge on any atom is -0.326 e. The first-order valence-corrected chi connectivity index (χ1v) is 9.35. The smallest absolute Gasteiger partial charge is 0.243 e. The number of rotatable bonds is 4. The average Bonchev–Trinajstić information content (AvgIpc) is 3.33. The van der Waals surface area contributed by atoms with Crippen molar-refractivity contribution in [1.82, 2.24) is 4.31 Å². The Morgan fingerprint density at radius 2 is 1.82 bits per heavy atom. The molecule has 1 aromatic rings. The first-order chi connectivity index (χ1) is 10.5. The number of sulfonamides is 1. The van der Waals surface area contributed by atoms with Crippen LogP contribution in [0, 0.1) is 5.92 Å². The molecular weight excluding hydrogens is 300 g/mol. The van der Waals surface area contributed by atoms with E-state index in [1.165, 1.54) is 0 Å². The summed E-state index contributed by atoms with van der Waals surface area (Å²) in [6, 6.07) is 6.55. The average molecular weight is 322 g/mol. The van der Waals surface area contributed by atoms with E-state index in [-0.39, 0.29) is 17.9 Å². The Labute approximate surface area is 131 Å². The summed E-state index contributed by atoms with van der Waals surface area (Å²) >= 11 is 0. The number of amides is 1. The summed E-state index contributed by atoms with van der Waals surface area (Å²) in [6.45, 7) is 2.55. The fourth-order valence-corrected chi connectivity index (χ4v) is 4.56. The molecule has 1 saturated carbocycles. The van der Waals surface area contributed by atoms with Crippen molar-refractivity contribution in [3.05, 3.63) is 24.3 Å². The highest BCUT2D eigenvalue weighted by Gasteiger charge is 2.31. The second-order valence-electron chi connectivity index (χ2n) is 6.25. The molecule has 1 heterocycles. The third-order valence-corrected chi connectivity index (χ3v) is 6.45. The number of carbonyl (C=O) groups is 1. The van der Waals surface area contributed by atoms with Crippen LogP contribution in [0.25, 0.3) is 0 Å². The Morgan fingerprint density at radius 1 is 1.14 bits per heavy atom. The first kappa shape index (κ1) is 15.5. The van der Waals surface area contributed by atoms with Gasteiger partial charge in [-0.1, -0.05) is 6.42 Å². The van der Waals surface area contributed by atoms with Gasteiger partial charge in [0.15, 0.2) is 0 Å². The number of benzene rings is 1. The molecule has 1 unspecified atom stereocenters. The van der Waals surface area contributed by atoms with Gasteiger partial charge in [0.2, 0.25) is 15.9 Å². The number of hydrogen-bond donors (Lipinski definition) is 1. The van der Waals surface area contributed by atoms with Crippen molar-refractivity contribution in [3.63, 3.8) is 0 Å². The summed E-state index contributed by atoms with van der Waals surface area (Å²) < 4.78 is 27.0. The molecule has 1 atom stereocenters. The topological polar surface area (TPSA) is 66.5 Å². The van der Waals surface area contributed by atoms with Gasteiger partial charge in [-0.2, -0.15) is 4.31 Å². The lowest BCUT2D eigenvalue weighted by atomic mass is 10.1. The van der Waals surface area contributed by atoms with Crippen molar-refractivity contribution in [1.29, 1.82) is 0 Å². The summed E-state index contributed by atoms with van der Waals surface area (Å²) in [7, 11) is -3.44. The van der Waals surface area contributed by atoms with Crippen molar-refractivity contribution < 1.29 is 13.2 Å². The summed E-state index contributed by atoms with van der Waals surface area (Å²) in [5, 5.41) is 2.82. The molecule has 1 N–H and O–H groups in total. The zero-order chi connectivity index (χ0) is 15.7. The monoisotopic (exact) mass is 322 g/mol. The molecule has 0 aromatic heterocycles. The van der Waals surface area contributed by atoms with Gasteiger partial charge in [0.25, 0.3) is 0 Å². The van der Waals surface area contributed by atoms with Crippen LogP contribution in [0.5, 0.6) is 0 Å². The zero-order valence-corrected chi connectivity index (χ0v) is 13.6. The van der Waals surface area contributed by atoms with Crippen LogP contribution in [0.3, 0.4) is 0 Å². The molecule has 0 bridgehead atoms. The fourth-order valence-electron chi connectivity index (χ4n) is 2.86. The highest BCUT2D eigenvalue weighted by atomic mass is 32.2. The molecule has 22 heavy (non-hydrogen) atoms. The SMILES string of the molecule is CC1CCCCN1S(=O)(=O)c1ccc(NC(=O)C2CC2)cc1. The predicted molar refractivity (Wildman–Crippen MR) is 85.0 cm³/mol. The number of piperidine rings is 1. The van der Waals surface area contributed by atoms with Gasteiger partial charge in [-0.25, -0.2) is 8.42 Å². The van der Waals surface area contributed by atoms with Gasteiger partial charge in [-0.3, -0.25) is 4.79 Å². The van der Waals surface area contributed by atoms with Crippen molar-refractivity contribution in [2.45, 2.75) is 50.0 Å². The summed E-state index contributed by atoms with van der Waals surface area (Å²) in [6.07, 6.45) is 4.81. The Kier molecular flexibility index (Phi) is 4.23. The van der Waals surface area contributed by atoms with Gasteiger partial charge >= 0.3 is 0 Å². The number of carbonyl (C=O) groups excluding carboxylic acids is 1. The van der Waals surface area contributed by atoms with E-state index in [1.807, 2.05) is 6.92 Å². The van der Waals surface area contributed by atoms with Crippen LogP contribution in [0.15, 0.2) is 29.2 Å². The van der Waals surface area contributed by atoms with Crippen LogP contribution in [-0.4, -0.2) is 31.2 Å². The van der Waals surface area contributed by atoms with Crippen LogP contribution in [0.2, 0.25) is 0 Å². The van der Waals surface area contributed by atoms with E-state index in [0.717, 1.165) is 32.1 Å². The molecule has 0 spiro atoms. The Balaban J connectivity index is 1.74. The summed E-state index contributed by atoms with van der Waals surface area (Å²) in [4.78, 5) is 12.0. The fraction of sp³-hybridized carbons (Fsp3) is 0.562. The molecule has 1 aromatic carbocycles.